The summed E-state index contributed by atoms with van der Waals surface area (Å²) in [6, 6.07) is 6.61. The van der Waals surface area contributed by atoms with Crippen LogP contribution >= 0.6 is 0 Å². The maximum Gasteiger partial charge on any atom is 0.416 e. The zero-order valence-electron chi connectivity index (χ0n) is 18.2. The lowest BCUT2D eigenvalue weighted by molar-refractivity contribution is -0.137. The van der Waals surface area contributed by atoms with Crippen molar-refractivity contribution in [1.82, 2.24) is 14.8 Å². The van der Waals surface area contributed by atoms with Crippen molar-refractivity contribution in [2.75, 3.05) is 18.5 Å². The highest BCUT2D eigenvalue weighted by Crippen LogP contribution is 2.33. The second kappa shape index (κ2) is 8.54. The van der Waals surface area contributed by atoms with Crippen LogP contribution in [0.3, 0.4) is 0 Å². The van der Waals surface area contributed by atoms with Crippen LogP contribution in [0, 0.1) is 6.92 Å². The molecule has 3 aromatic rings. The Balaban J connectivity index is 1.77. The first kappa shape index (κ1) is 22.3. The maximum absolute atomic E-state index is 13.1. The molecular weight excluding hydrogens is 421 g/mol. The Kier molecular flexibility index (Phi) is 5.94. The van der Waals surface area contributed by atoms with E-state index in [1.165, 1.54) is 6.07 Å². The lowest BCUT2D eigenvalue weighted by Crippen LogP contribution is -2.27. The number of hydrogen-bond donors (Lipinski definition) is 1. The topological polar surface area (TPSA) is 69.0 Å². The highest BCUT2D eigenvalue weighted by Gasteiger charge is 2.31. The molecular formula is C23H25F3N4O2. The third kappa shape index (κ3) is 4.21. The first-order valence-electron chi connectivity index (χ1n) is 10.5. The van der Waals surface area contributed by atoms with E-state index in [0.717, 1.165) is 30.4 Å². The number of benzene rings is 1. The standard InChI is InChI=1S/C23H25F3N4O2/c1-13(16-5-4-6-17(11-16)23(24,25)26)27-21-19-12-18(15-7-9-32-10-8-15)22(31)30(3)20(19)14(2)28-29-21/h4-6,11-13,15H,7-10H2,1-3H3,(H,27,29)/t13-/m1/s1. The van der Waals surface area contributed by atoms with Crippen molar-refractivity contribution in [3.05, 3.63) is 63.1 Å². The molecule has 4 rings (SSSR count). The van der Waals surface area contributed by atoms with Crippen molar-refractivity contribution in [1.29, 1.82) is 0 Å². The van der Waals surface area contributed by atoms with Crippen LogP contribution in [0.25, 0.3) is 10.9 Å². The van der Waals surface area contributed by atoms with Gasteiger partial charge in [-0.25, -0.2) is 0 Å². The normalized spacial score (nSPS) is 16.3. The van der Waals surface area contributed by atoms with Crippen molar-refractivity contribution in [2.45, 2.75) is 44.8 Å². The minimum absolute atomic E-state index is 0.0719. The Hall–Kier alpha value is -2.94. The summed E-state index contributed by atoms with van der Waals surface area (Å²) in [6.45, 7) is 4.77. The van der Waals surface area contributed by atoms with E-state index in [2.05, 4.69) is 15.5 Å². The quantitative estimate of drug-likeness (QED) is 0.628. The molecule has 1 N–H and O–H groups in total. The summed E-state index contributed by atoms with van der Waals surface area (Å²) in [4.78, 5) is 13.1. The fourth-order valence-electron chi connectivity index (χ4n) is 4.29. The number of ether oxygens (including phenoxy) is 1. The van der Waals surface area contributed by atoms with Gasteiger partial charge in [-0.3, -0.25) is 4.79 Å². The molecule has 0 spiro atoms. The van der Waals surface area contributed by atoms with Gasteiger partial charge in [0.05, 0.1) is 22.8 Å². The monoisotopic (exact) mass is 446 g/mol. The van der Waals surface area contributed by atoms with Crippen molar-refractivity contribution in [2.24, 2.45) is 7.05 Å². The summed E-state index contributed by atoms with van der Waals surface area (Å²) in [5.74, 6) is 0.522. The number of nitrogens with zero attached hydrogens (tertiary/aromatic N) is 3. The van der Waals surface area contributed by atoms with E-state index < -0.39 is 17.8 Å². The van der Waals surface area contributed by atoms with E-state index in [1.54, 1.807) is 31.5 Å². The number of anilines is 1. The van der Waals surface area contributed by atoms with Crippen molar-refractivity contribution >= 4 is 16.7 Å². The van der Waals surface area contributed by atoms with E-state index in [9.17, 15) is 18.0 Å². The van der Waals surface area contributed by atoms with Crippen LogP contribution in [0.15, 0.2) is 35.1 Å². The minimum atomic E-state index is -4.41. The molecule has 1 aromatic carbocycles. The average molecular weight is 446 g/mol. The zero-order chi connectivity index (χ0) is 23.0. The molecule has 1 aliphatic heterocycles. The summed E-state index contributed by atoms with van der Waals surface area (Å²) in [7, 11) is 1.71. The highest BCUT2D eigenvalue weighted by atomic mass is 19.4. The van der Waals surface area contributed by atoms with Gasteiger partial charge in [0, 0.05) is 31.2 Å². The summed E-state index contributed by atoms with van der Waals surface area (Å²) in [5.41, 5.74) is 1.66. The minimum Gasteiger partial charge on any atom is -0.381 e. The van der Waals surface area contributed by atoms with Gasteiger partial charge < -0.3 is 14.6 Å². The van der Waals surface area contributed by atoms with Crippen molar-refractivity contribution in [3.63, 3.8) is 0 Å². The Labute approximate surface area is 183 Å². The first-order valence-corrected chi connectivity index (χ1v) is 10.5. The summed E-state index contributed by atoms with van der Waals surface area (Å²) < 4.78 is 46.4. The Morgan fingerprint density at radius 1 is 1.19 bits per heavy atom. The van der Waals surface area contributed by atoms with Crippen LogP contribution in [0.5, 0.6) is 0 Å². The summed E-state index contributed by atoms with van der Waals surface area (Å²) >= 11 is 0. The van der Waals surface area contributed by atoms with Crippen LogP contribution in [-0.4, -0.2) is 28.0 Å². The number of rotatable bonds is 4. The summed E-state index contributed by atoms with van der Waals surface area (Å²) in [6.07, 6.45) is -2.88. The van der Waals surface area contributed by atoms with Gasteiger partial charge in [-0.05, 0) is 56.4 Å². The predicted octanol–water partition coefficient (Wildman–Crippen LogP) is 4.72. The Morgan fingerprint density at radius 3 is 2.59 bits per heavy atom. The number of hydrogen-bond acceptors (Lipinski definition) is 5. The molecule has 1 fully saturated rings. The number of halogens is 3. The van der Waals surface area contributed by atoms with Gasteiger partial charge in [-0.15, -0.1) is 5.10 Å². The van der Waals surface area contributed by atoms with Gasteiger partial charge in [0.25, 0.3) is 5.56 Å². The largest absolute Gasteiger partial charge is 0.416 e. The van der Waals surface area contributed by atoms with E-state index in [0.29, 0.717) is 41.4 Å². The molecule has 1 saturated heterocycles. The zero-order valence-corrected chi connectivity index (χ0v) is 18.2. The number of aryl methyl sites for hydroxylation is 2. The lowest BCUT2D eigenvalue weighted by atomic mass is 9.91. The second-order valence-electron chi connectivity index (χ2n) is 8.24. The molecule has 170 valence electrons. The number of alkyl halides is 3. The fraction of sp³-hybridized carbons (Fsp3) is 0.435. The molecule has 0 saturated carbocycles. The maximum atomic E-state index is 13.1. The third-order valence-electron chi connectivity index (χ3n) is 6.07. The van der Waals surface area contributed by atoms with Gasteiger partial charge >= 0.3 is 6.18 Å². The third-order valence-corrected chi connectivity index (χ3v) is 6.07. The number of aromatic nitrogens is 3. The van der Waals surface area contributed by atoms with E-state index in [1.807, 2.05) is 6.07 Å². The smallest absolute Gasteiger partial charge is 0.381 e. The molecule has 2 aromatic heterocycles. The predicted molar refractivity (Wildman–Crippen MR) is 116 cm³/mol. The molecule has 3 heterocycles. The Morgan fingerprint density at radius 2 is 1.91 bits per heavy atom. The fourth-order valence-corrected chi connectivity index (χ4v) is 4.29. The SMILES string of the molecule is Cc1nnc(N[C@H](C)c2cccc(C(F)(F)F)c2)c2cc(C3CCOCC3)c(=O)n(C)c12. The highest BCUT2D eigenvalue weighted by molar-refractivity contribution is 5.91. The van der Waals surface area contributed by atoms with Gasteiger partial charge in [0.15, 0.2) is 5.82 Å². The first-order chi connectivity index (χ1) is 15.2. The van der Waals surface area contributed by atoms with E-state index in [-0.39, 0.29) is 11.5 Å². The lowest BCUT2D eigenvalue weighted by Gasteiger charge is -2.24. The van der Waals surface area contributed by atoms with Crippen LogP contribution in [0.2, 0.25) is 0 Å². The van der Waals surface area contributed by atoms with Crippen LogP contribution in [-0.2, 0) is 18.0 Å². The molecule has 1 atom stereocenters. The van der Waals surface area contributed by atoms with E-state index in [4.69, 9.17) is 4.74 Å². The van der Waals surface area contributed by atoms with Gasteiger partial charge in [0.2, 0.25) is 0 Å². The molecule has 6 nitrogen and oxygen atoms in total. The van der Waals surface area contributed by atoms with Crippen LogP contribution in [0.1, 0.15) is 54.1 Å². The summed E-state index contributed by atoms with van der Waals surface area (Å²) in [5, 5.41) is 12.4. The molecule has 32 heavy (non-hydrogen) atoms. The van der Waals surface area contributed by atoms with Crippen molar-refractivity contribution < 1.29 is 17.9 Å². The van der Waals surface area contributed by atoms with E-state index >= 15 is 0 Å². The van der Waals surface area contributed by atoms with Gasteiger partial charge in [-0.1, -0.05) is 12.1 Å². The number of fused-ring (bicyclic) bond motifs is 1. The molecule has 9 heteroatoms. The second-order valence-corrected chi connectivity index (χ2v) is 8.24. The van der Waals surface area contributed by atoms with Gasteiger partial charge in [0.1, 0.15) is 0 Å². The molecule has 0 bridgehead atoms. The van der Waals surface area contributed by atoms with Crippen LogP contribution in [0.4, 0.5) is 19.0 Å². The Bertz CT molecular complexity index is 1200. The molecule has 1 aliphatic rings. The molecule has 0 radical (unpaired) electrons. The van der Waals surface area contributed by atoms with Crippen molar-refractivity contribution in [3.8, 4) is 0 Å². The van der Waals surface area contributed by atoms with Crippen LogP contribution < -0.4 is 10.9 Å². The molecule has 0 unspecified atom stereocenters. The average Bonchev–Trinajstić information content (AvgIpc) is 2.77. The molecule has 0 aliphatic carbocycles. The van der Waals surface area contributed by atoms with Gasteiger partial charge in [-0.2, -0.15) is 18.3 Å². The number of pyridine rings is 1. The number of nitrogens with one attached hydrogen (secondary N) is 1. The molecule has 0 amide bonds.